The van der Waals surface area contributed by atoms with Crippen molar-refractivity contribution in [2.75, 3.05) is 25.6 Å². The van der Waals surface area contributed by atoms with Crippen LogP contribution >= 0.6 is 0 Å². The Balaban J connectivity index is 1.99. The van der Waals surface area contributed by atoms with Crippen LogP contribution in [0.2, 0.25) is 0 Å². The van der Waals surface area contributed by atoms with Crippen LogP contribution in [0.5, 0.6) is 0 Å². The molecule has 1 aliphatic rings. The van der Waals surface area contributed by atoms with Gasteiger partial charge in [0.15, 0.2) is 0 Å². The maximum absolute atomic E-state index is 12.6. The van der Waals surface area contributed by atoms with E-state index in [4.69, 9.17) is 4.74 Å². The third-order valence-corrected chi connectivity index (χ3v) is 4.32. The van der Waals surface area contributed by atoms with E-state index in [1.165, 1.54) is 0 Å². The molecule has 0 spiro atoms. The van der Waals surface area contributed by atoms with Crippen LogP contribution in [0.3, 0.4) is 0 Å². The van der Waals surface area contributed by atoms with E-state index < -0.39 is 0 Å². The summed E-state index contributed by atoms with van der Waals surface area (Å²) >= 11 is 0. The van der Waals surface area contributed by atoms with E-state index in [-0.39, 0.29) is 17.9 Å². The number of ether oxygens (including phenoxy) is 1. The molecule has 130 valence electrons. The number of hydrogen-bond acceptors (Lipinski definition) is 3. The van der Waals surface area contributed by atoms with E-state index in [9.17, 15) is 9.59 Å². The highest BCUT2D eigenvalue weighted by molar-refractivity contribution is 6.03. The Labute approximate surface area is 143 Å². The number of allylic oxidation sites excluding steroid dienone is 1. The summed E-state index contributed by atoms with van der Waals surface area (Å²) in [5.41, 5.74) is 2.01. The van der Waals surface area contributed by atoms with Crippen molar-refractivity contribution in [2.24, 2.45) is 0 Å². The zero-order valence-corrected chi connectivity index (χ0v) is 14.7. The van der Waals surface area contributed by atoms with Crippen LogP contribution in [-0.2, 0) is 9.53 Å². The van der Waals surface area contributed by atoms with Crippen LogP contribution in [0.4, 0.5) is 5.69 Å². The van der Waals surface area contributed by atoms with Crippen LogP contribution in [0, 0.1) is 0 Å². The highest BCUT2D eigenvalue weighted by Crippen LogP contribution is 2.17. The zero-order chi connectivity index (χ0) is 17.5. The maximum Gasteiger partial charge on any atom is 0.253 e. The molecule has 5 nitrogen and oxygen atoms in total. The van der Waals surface area contributed by atoms with Crippen molar-refractivity contribution in [3.8, 4) is 0 Å². The molecule has 1 fully saturated rings. The van der Waals surface area contributed by atoms with Gasteiger partial charge in [0.2, 0.25) is 0 Å². The maximum atomic E-state index is 12.6. The van der Waals surface area contributed by atoms with Gasteiger partial charge in [0.1, 0.15) is 0 Å². The molecule has 1 aromatic carbocycles. The van der Waals surface area contributed by atoms with Gasteiger partial charge in [-0.05, 0) is 50.5 Å². The van der Waals surface area contributed by atoms with Gasteiger partial charge in [0.05, 0.1) is 0 Å². The molecule has 0 bridgehead atoms. The monoisotopic (exact) mass is 330 g/mol. The third kappa shape index (κ3) is 4.68. The molecule has 1 heterocycles. The van der Waals surface area contributed by atoms with Gasteiger partial charge in [0, 0.05) is 43.1 Å². The molecule has 0 aliphatic carbocycles. The van der Waals surface area contributed by atoms with E-state index in [1.807, 2.05) is 20.0 Å². The summed E-state index contributed by atoms with van der Waals surface area (Å²) < 4.78 is 5.34. The summed E-state index contributed by atoms with van der Waals surface area (Å²) in [4.78, 5) is 26.3. The van der Waals surface area contributed by atoms with Gasteiger partial charge in [-0.25, -0.2) is 0 Å². The number of carbonyl (C=O) groups is 2. The predicted octanol–water partition coefficient (Wildman–Crippen LogP) is 3.23. The Kier molecular flexibility index (Phi) is 6.55. The molecule has 24 heavy (non-hydrogen) atoms. The van der Waals surface area contributed by atoms with Gasteiger partial charge in [-0.3, -0.25) is 9.59 Å². The molecule has 2 amide bonds. The van der Waals surface area contributed by atoms with Crippen LogP contribution in [-0.4, -0.2) is 43.0 Å². The van der Waals surface area contributed by atoms with Crippen molar-refractivity contribution in [1.82, 2.24) is 4.90 Å². The van der Waals surface area contributed by atoms with Crippen molar-refractivity contribution in [1.29, 1.82) is 0 Å². The molecule has 1 aliphatic heterocycles. The van der Waals surface area contributed by atoms with Gasteiger partial charge < -0.3 is 15.0 Å². The first-order valence-corrected chi connectivity index (χ1v) is 8.46. The Morgan fingerprint density at radius 1 is 1.25 bits per heavy atom. The summed E-state index contributed by atoms with van der Waals surface area (Å²) in [5, 5.41) is 2.84. The molecule has 1 saturated heterocycles. The van der Waals surface area contributed by atoms with Gasteiger partial charge >= 0.3 is 0 Å². The quantitative estimate of drug-likeness (QED) is 0.843. The summed E-state index contributed by atoms with van der Waals surface area (Å²) in [7, 11) is 1.84. The Hall–Kier alpha value is -2.14. The molecular weight excluding hydrogens is 304 g/mol. The summed E-state index contributed by atoms with van der Waals surface area (Å²) in [6.45, 7) is 5.20. The first-order valence-electron chi connectivity index (χ1n) is 8.46. The summed E-state index contributed by atoms with van der Waals surface area (Å²) in [5.74, 6) is -0.114. The third-order valence-electron chi connectivity index (χ3n) is 4.32. The lowest BCUT2D eigenvalue weighted by Gasteiger charge is -2.31. The molecule has 0 aromatic heterocycles. The first kappa shape index (κ1) is 18.2. The van der Waals surface area contributed by atoms with Gasteiger partial charge in [-0.2, -0.15) is 0 Å². The van der Waals surface area contributed by atoms with E-state index in [2.05, 4.69) is 5.32 Å². The molecular formula is C19H26N2O3. The highest BCUT2D eigenvalue weighted by atomic mass is 16.5. The topological polar surface area (TPSA) is 58.6 Å². The first-order chi connectivity index (χ1) is 11.5. The number of nitrogens with one attached hydrogen (secondary N) is 1. The van der Waals surface area contributed by atoms with Crippen LogP contribution < -0.4 is 5.32 Å². The van der Waals surface area contributed by atoms with Crippen molar-refractivity contribution in [2.45, 2.75) is 39.2 Å². The van der Waals surface area contributed by atoms with E-state index in [1.54, 1.807) is 36.1 Å². The molecule has 2 rings (SSSR count). The second kappa shape index (κ2) is 8.64. The minimum Gasteiger partial charge on any atom is -0.381 e. The number of nitrogens with zero attached hydrogens (tertiary/aromatic N) is 1. The lowest BCUT2D eigenvalue weighted by Crippen LogP contribution is -2.40. The lowest BCUT2D eigenvalue weighted by atomic mass is 10.1. The fraction of sp³-hybridized carbons (Fsp3) is 0.474. The number of amides is 2. The van der Waals surface area contributed by atoms with Crippen molar-refractivity contribution in [3.05, 3.63) is 41.5 Å². The number of anilines is 1. The minimum absolute atomic E-state index is 0.00170. The number of benzene rings is 1. The second-order valence-electron chi connectivity index (χ2n) is 6.09. The number of hydrogen-bond donors (Lipinski definition) is 1. The van der Waals surface area contributed by atoms with E-state index >= 15 is 0 Å². The molecule has 0 saturated carbocycles. The van der Waals surface area contributed by atoms with Gasteiger partial charge in [0.25, 0.3) is 11.8 Å². The fourth-order valence-corrected chi connectivity index (χ4v) is 2.77. The van der Waals surface area contributed by atoms with Crippen LogP contribution in [0.1, 0.15) is 43.5 Å². The van der Waals surface area contributed by atoms with Gasteiger partial charge in [-0.15, -0.1) is 0 Å². The fourth-order valence-electron chi connectivity index (χ4n) is 2.77. The SMILES string of the molecule is CCC=C(C)C(=O)Nc1ccc(C(=O)N(C)C2CCOCC2)cc1. The second-order valence-corrected chi connectivity index (χ2v) is 6.09. The summed E-state index contributed by atoms with van der Waals surface area (Å²) in [6.07, 6.45) is 4.46. The lowest BCUT2D eigenvalue weighted by molar-refractivity contribution is -0.112. The van der Waals surface area contributed by atoms with Crippen molar-refractivity contribution >= 4 is 17.5 Å². The molecule has 0 unspecified atom stereocenters. The number of rotatable bonds is 5. The Bertz CT molecular complexity index is 602. The van der Waals surface area contributed by atoms with E-state index in [0.717, 1.165) is 19.3 Å². The van der Waals surface area contributed by atoms with E-state index in [0.29, 0.717) is 30.0 Å². The largest absolute Gasteiger partial charge is 0.381 e. The normalized spacial score (nSPS) is 15.9. The Morgan fingerprint density at radius 2 is 1.88 bits per heavy atom. The average Bonchev–Trinajstić information content (AvgIpc) is 2.62. The van der Waals surface area contributed by atoms with Crippen LogP contribution in [0.15, 0.2) is 35.9 Å². The van der Waals surface area contributed by atoms with Crippen LogP contribution in [0.25, 0.3) is 0 Å². The van der Waals surface area contributed by atoms with Gasteiger partial charge in [-0.1, -0.05) is 13.0 Å². The predicted molar refractivity (Wildman–Crippen MR) is 95.1 cm³/mol. The number of carbonyl (C=O) groups excluding carboxylic acids is 2. The zero-order valence-electron chi connectivity index (χ0n) is 14.7. The molecule has 1 N–H and O–H groups in total. The molecule has 1 aromatic rings. The van der Waals surface area contributed by atoms with Crippen molar-refractivity contribution in [3.63, 3.8) is 0 Å². The standard InChI is InChI=1S/C19H26N2O3/c1-4-5-14(2)18(22)20-16-8-6-15(7-9-16)19(23)21(3)17-10-12-24-13-11-17/h5-9,17H,4,10-13H2,1-3H3,(H,20,22). The van der Waals surface area contributed by atoms with Crippen molar-refractivity contribution < 1.29 is 14.3 Å². The summed E-state index contributed by atoms with van der Waals surface area (Å²) in [6, 6.07) is 7.27. The molecule has 0 radical (unpaired) electrons. The highest BCUT2D eigenvalue weighted by Gasteiger charge is 2.23. The average molecular weight is 330 g/mol. The minimum atomic E-state index is -0.116. The molecule has 5 heteroatoms. The molecule has 0 atom stereocenters. The smallest absolute Gasteiger partial charge is 0.253 e. The Morgan fingerprint density at radius 3 is 2.46 bits per heavy atom.